The number of ether oxygens (including phenoxy) is 2. The van der Waals surface area contributed by atoms with Crippen molar-refractivity contribution in [2.45, 2.75) is 37.2 Å². The lowest BCUT2D eigenvalue weighted by molar-refractivity contribution is -0.130. The number of carbonyl (C=O) groups excluding carboxylic acids is 1. The van der Waals surface area contributed by atoms with Crippen LogP contribution in [0.4, 0.5) is 11.4 Å². The maximum absolute atomic E-state index is 14.2. The number of anilines is 2. The van der Waals surface area contributed by atoms with Crippen molar-refractivity contribution in [3.05, 3.63) is 71.0 Å². The first-order valence-corrected chi connectivity index (χ1v) is 14.3. The number of carbonyl (C=O) groups is 1. The Hall–Kier alpha value is -3.50. The van der Waals surface area contributed by atoms with Crippen LogP contribution in [0.15, 0.2) is 59.5 Å². The number of methoxy groups -OCH3 is 2. The Labute approximate surface area is 235 Å². The van der Waals surface area contributed by atoms with Crippen LogP contribution >= 0.6 is 11.6 Å². The summed E-state index contributed by atoms with van der Waals surface area (Å²) >= 11 is 6.58. The Morgan fingerprint density at radius 3 is 2.36 bits per heavy atom. The third kappa shape index (κ3) is 6.39. The molecule has 208 valence electrons. The van der Waals surface area contributed by atoms with E-state index in [9.17, 15) is 13.2 Å². The zero-order valence-corrected chi connectivity index (χ0v) is 24.3. The number of nitrogens with zero attached hydrogens (tertiary/aromatic N) is 4. The van der Waals surface area contributed by atoms with E-state index in [4.69, 9.17) is 21.1 Å². The quantitative estimate of drug-likeness (QED) is 0.334. The molecule has 4 rings (SSSR count). The molecule has 1 fully saturated rings. The molecule has 0 spiro atoms. The molecule has 0 unspecified atom stereocenters. The number of sulfonamides is 1. The van der Waals surface area contributed by atoms with Crippen LogP contribution in [-0.4, -0.2) is 65.1 Å². The number of halogens is 1. The predicted octanol–water partition coefficient (Wildman–Crippen LogP) is 4.51. The summed E-state index contributed by atoms with van der Waals surface area (Å²) in [5, 5.41) is 0.204. The fourth-order valence-electron chi connectivity index (χ4n) is 4.26. The minimum Gasteiger partial charge on any atom is -0.493 e. The third-order valence-corrected chi connectivity index (χ3v) is 8.60. The average Bonchev–Trinajstić information content (AvgIpc) is 3.75. The lowest BCUT2D eigenvalue weighted by Crippen LogP contribution is -2.44. The summed E-state index contributed by atoms with van der Waals surface area (Å²) in [5.41, 5.74) is 2.53. The smallest absolute Gasteiger partial charge is 0.264 e. The van der Waals surface area contributed by atoms with E-state index in [1.807, 2.05) is 44.1 Å². The minimum atomic E-state index is -4.26. The average molecular weight is 573 g/mol. The number of pyridine rings is 1. The first-order valence-electron chi connectivity index (χ1n) is 12.5. The van der Waals surface area contributed by atoms with Crippen LogP contribution in [0, 0.1) is 6.92 Å². The van der Waals surface area contributed by atoms with E-state index in [1.54, 1.807) is 23.1 Å². The van der Waals surface area contributed by atoms with Crippen LogP contribution in [0.3, 0.4) is 0 Å². The molecular formula is C28H33ClN4O5S. The molecule has 1 aromatic heterocycles. The Bertz CT molecular complexity index is 1460. The van der Waals surface area contributed by atoms with Gasteiger partial charge in [0.15, 0.2) is 11.5 Å². The standard InChI is InChI=1S/C28H33ClN4O5S/c1-19-7-6-8-20(30-19)17-32(21-9-10-21)28(34)18-33(25-15-22(31(2)3)11-13-24(25)29)39(35,36)23-12-14-26(37-4)27(16-23)38-5/h6-8,11-16,21H,9-10,17-18H2,1-5H3. The minimum absolute atomic E-state index is 0.0361. The number of hydrogen-bond donors (Lipinski definition) is 0. The van der Waals surface area contributed by atoms with Crippen molar-refractivity contribution in [1.29, 1.82) is 0 Å². The number of benzene rings is 2. The van der Waals surface area contributed by atoms with E-state index in [1.165, 1.54) is 32.4 Å². The molecule has 0 saturated heterocycles. The fraction of sp³-hybridized carbons (Fsp3) is 0.357. The van der Waals surface area contributed by atoms with E-state index in [0.717, 1.165) is 34.2 Å². The molecule has 0 bridgehead atoms. The van der Waals surface area contributed by atoms with Gasteiger partial charge in [0.05, 0.1) is 42.1 Å². The highest BCUT2D eigenvalue weighted by Crippen LogP contribution is 2.37. The maximum Gasteiger partial charge on any atom is 0.264 e. The highest BCUT2D eigenvalue weighted by molar-refractivity contribution is 7.92. The molecule has 39 heavy (non-hydrogen) atoms. The SMILES string of the molecule is COc1ccc(S(=O)(=O)N(CC(=O)N(Cc2cccc(C)n2)C2CC2)c2cc(N(C)C)ccc2Cl)cc1OC. The number of rotatable bonds is 11. The van der Waals surface area contributed by atoms with Gasteiger partial charge in [0.25, 0.3) is 10.0 Å². The van der Waals surface area contributed by atoms with E-state index in [0.29, 0.717) is 12.3 Å². The summed E-state index contributed by atoms with van der Waals surface area (Å²) in [5.74, 6) is 0.302. The summed E-state index contributed by atoms with van der Waals surface area (Å²) < 4.78 is 40.0. The van der Waals surface area contributed by atoms with Crippen molar-refractivity contribution in [1.82, 2.24) is 9.88 Å². The Balaban J connectivity index is 1.77. The van der Waals surface area contributed by atoms with E-state index < -0.39 is 16.6 Å². The van der Waals surface area contributed by atoms with Crippen molar-refractivity contribution in [2.75, 3.05) is 44.1 Å². The van der Waals surface area contributed by atoms with Crippen molar-refractivity contribution < 1.29 is 22.7 Å². The lowest BCUT2D eigenvalue weighted by atomic mass is 10.2. The second-order valence-electron chi connectivity index (χ2n) is 9.58. The first kappa shape index (κ1) is 28.5. The zero-order valence-electron chi connectivity index (χ0n) is 22.7. The van der Waals surface area contributed by atoms with Crippen LogP contribution in [0.1, 0.15) is 24.2 Å². The van der Waals surface area contributed by atoms with Gasteiger partial charge in [-0.15, -0.1) is 0 Å². The molecule has 0 atom stereocenters. The van der Waals surface area contributed by atoms with Crippen molar-refractivity contribution >= 4 is 38.9 Å². The fourth-order valence-corrected chi connectivity index (χ4v) is 5.97. The van der Waals surface area contributed by atoms with Crippen LogP contribution in [0.2, 0.25) is 5.02 Å². The largest absolute Gasteiger partial charge is 0.493 e. The van der Waals surface area contributed by atoms with E-state index >= 15 is 0 Å². The Morgan fingerprint density at radius 1 is 1.03 bits per heavy atom. The lowest BCUT2D eigenvalue weighted by Gasteiger charge is -2.30. The number of hydrogen-bond acceptors (Lipinski definition) is 7. The third-order valence-electron chi connectivity index (χ3n) is 6.52. The topological polar surface area (TPSA) is 92.3 Å². The second-order valence-corrected chi connectivity index (χ2v) is 11.9. The molecule has 0 aliphatic heterocycles. The molecule has 11 heteroatoms. The monoisotopic (exact) mass is 572 g/mol. The van der Waals surface area contributed by atoms with Crippen LogP contribution in [0.5, 0.6) is 11.5 Å². The molecule has 3 aromatic rings. The van der Waals surface area contributed by atoms with Crippen LogP contribution in [0.25, 0.3) is 0 Å². The van der Waals surface area contributed by atoms with Gasteiger partial charge in [-0.25, -0.2) is 8.42 Å². The van der Waals surface area contributed by atoms with Gasteiger partial charge in [0.1, 0.15) is 6.54 Å². The number of aryl methyl sites for hydroxylation is 1. The van der Waals surface area contributed by atoms with Gasteiger partial charge >= 0.3 is 0 Å². The Morgan fingerprint density at radius 2 is 1.74 bits per heavy atom. The van der Waals surface area contributed by atoms with Gasteiger partial charge in [-0.3, -0.25) is 14.1 Å². The Kier molecular flexibility index (Phi) is 8.56. The summed E-state index contributed by atoms with van der Waals surface area (Å²) in [6.07, 6.45) is 1.72. The van der Waals surface area contributed by atoms with Crippen LogP contribution < -0.4 is 18.7 Å². The molecule has 9 nitrogen and oxygen atoms in total. The molecule has 2 aromatic carbocycles. The molecule has 1 aliphatic rings. The molecule has 0 N–H and O–H groups in total. The summed E-state index contributed by atoms with van der Waals surface area (Å²) in [6.45, 7) is 1.75. The summed E-state index contributed by atoms with van der Waals surface area (Å²) in [6, 6.07) is 15.1. The first-order chi connectivity index (χ1) is 18.5. The number of amides is 1. The van der Waals surface area contributed by atoms with Gasteiger partial charge in [-0.2, -0.15) is 0 Å². The normalized spacial score (nSPS) is 13.1. The van der Waals surface area contributed by atoms with Gasteiger partial charge < -0.3 is 19.3 Å². The molecule has 1 saturated carbocycles. The van der Waals surface area contributed by atoms with Crippen molar-refractivity contribution in [3.63, 3.8) is 0 Å². The molecular weight excluding hydrogens is 540 g/mol. The highest BCUT2D eigenvalue weighted by atomic mass is 35.5. The maximum atomic E-state index is 14.2. The van der Waals surface area contributed by atoms with E-state index in [2.05, 4.69) is 4.98 Å². The number of aromatic nitrogens is 1. The molecule has 0 radical (unpaired) electrons. The van der Waals surface area contributed by atoms with Gasteiger partial charge in [-0.1, -0.05) is 17.7 Å². The molecule has 1 heterocycles. The summed E-state index contributed by atoms with van der Waals surface area (Å²) in [4.78, 5) is 21.9. The van der Waals surface area contributed by atoms with Crippen LogP contribution in [-0.2, 0) is 21.4 Å². The highest BCUT2D eigenvalue weighted by Gasteiger charge is 2.37. The molecule has 1 amide bonds. The molecule has 1 aliphatic carbocycles. The van der Waals surface area contributed by atoms with Crippen molar-refractivity contribution in [2.24, 2.45) is 0 Å². The van der Waals surface area contributed by atoms with E-state index in [-0.39, 0.29) is 33.3 Å². The van der Waals surface area contributed by atoms with Gasteiger partial charge in [0, 0.05) is 37.6 Å². The zero-order chi connectivity index (χ0) is 28.3. The summed E-state index contributed by atoms with van der Waals surface area (Å²) in [7, 11) is 2.33. The van der Waals surface area contributed by atoms with Gasteiger partial charge in [-0.05, 0) is 62.2 Å². The van der Waals surface area contributed by atoms with Gasteiger partial charge in [0.2, 0.25) is 5.91 Å². The predicted molar refractivity (Wildman–Crippen MR) is 152 cm³/mol. The second kappa shape index (κ2) is 11.7. The van der Waals surface area contributed by atoms with Crippen molar-refractivity contribution in [3.8, 4) is 11.5 Å².